The quantitative estimate of drug-likeness (QED) is 0.530. The lowest BCUT2D eigenvalue weighted by Gasteiger charge is -2.32. The van der Waals surface area contributed by atoms with E-state index < -0.39 is 8.32 Å². The van der Waals surface area contributed by atoms with Crippen molar-refractivity contribution in [2.75, 3.05) is 0 Å². The van der Waals surface area contributed by atoms with Crippen molar-refractivity contribution in [3.05, 3.63) is 97.4 Å². The molecule has 0 aromatic heterocycles. The predicted octanol–water partition coefficient (Wildman–Crippen LogP) is 2.42. The fraction of sp³-hybridized carbons (Fsp3) is 0.0476. The summed E-state index contributed by atoms with van der Waals surface area (Å²) in [5, 5.41) is 3.16. The van der Waals surface area contributed by atoms with Gasteiger partial charge in [0.15, 0.2) is 0 Å². The highest BCUT2D eigenvalue weighted by Gasteiger charge is 2.44. The maximum atomic E-state index is 12.3. The first-order valence-corrected chi connectivity index (χ1v) is 9.87. The minimum Gasteiger partial charge on any atom is -0.505 e. The van der Waals surface area contributed by atoms with Gasteiger partial charge in [-0.05, 0) is 15.6 Å². The van der Waals surface area contributed by atoms with Gasteiger partial charge in [-0.2, -0.15) is 0 Å². The SMILES string of the molecule is C[CH]C(=O)O[Si](c1ccccc1)(c1ccccc1)c1ccccc1. The van der Waals surface area contributed by atoms with Crippen LogP contribution >= 0.6 is 0 Å². The molecule has 0 unspecified atom stereocenters. The molecule has 3 rings (SSSR count). The molecule has 0 aliphatic carbocycles. The highest BCUT2D eigenvalue weighted by Crippen LogP contribution is 2.10. The zero-order chi connectivity index (χ0) is 16.8. The van der Waals surface area contributed by atoms with Crippen molar-refractivity contribution >= 4 is 29.8 Å². The Morgan fingerprint density at radius 2 is 1.04 bits per heavy atom. The van der Waals surface area contributed by atoms with Crippen LogP contribution in [-0.4, -0.2) is 14.3 Å². The molecule has 24 heavy (non-hydrogen) atoms. The first-order valence-electron chi connectivity index (χ1n) is 7.96. The Hall–Kier alpha value is -2.65. The molecule has 0 spiro atoms. The van der Waals surface area contributed by atoms with Gasteiger partial charge in [-0.25, -0.2) is 0 Å². The van der Waals surface area contributed by atoms with E-state index in [2.05, 4.69) is 36.4 Å². The number of hydrogen-bond acceptors (Lipinski definition) is 2. The van der Waals surface area contributed by atoms with Crippen molar-refractivity contribution in [2.24, 2.45) is 0 Å². The Balaban J connectivity index is 2.30. The smallest absolute Gasteiger partial charge is 0.350 e. The summed E-state index contributed by atoms with van der Waals surface area (Å²) < 4.78 is 6.19. The van der Waals surface area contributed by atoms with E-state index in [9.17, 15) is 4.79 Å². The van der Waals surface area contributed by atoms with E-state index in [1.165, 1.54) is 6.42 Å². The van der Waals surface area contributed by atoms with Crippen LogP contribution in [0.5, 0.6) is 0 Å². The molecule has 0 atom stereocenters. The topological polar surface area (TPSA) is 26.3 Å². The van der Waals surface area contributed by atoms with Crippen molar-refractivity contribution in [3.8, 4) is 0 Å². The van der Waals surface area contributed by atoms with Crippen LogP contribution in [0.15, 0.2) is 91.0 Å². The highest BCUT2D eigenvalue weighted by molar-refractivity contribution is 7.07. The average molecular weight is 331 g/mol. The first-order chi connectivity index (χ1) is 11.8. The zero-order valence-corrected chi connectivity index (χ0v) is 14.6. The van der Waals surface area contributed by atoms with E-state index in [0.29, 0.717) is 0 Å². The van der Waals surface area contributed by atoms with Crippen LogP contribution in [0.25, 0.3) is 0 Å². The summed E-state index contributed by atoms with van der Waals surface area (Å²) in [5.74, 6) is -0.293. The van der Waals surface area contributed by atoms with E-state index in [0.717, 1.165) is 15.6 Å². The van der Waals surface area contributed by atoms with Crippen molar-refractivity contribution in [1.29, 1.82) is 0 Å². The molecular weight excluding hydrogens is 312 g/mol. The van der Waals surface area contributed by atoms with Gasteiger partial charge in [0.2, 0.25) is 0 Å². The monoisotopic (exact) mass is 331 g/mol. The molecule has 0 fully saturated rings. The van der Waals surface area contributed by atoms with Crippen LogP contribution in [0, 0.1) is 6.42 Å². The van der Waals surface area contributed by atoms with E-state index in [-0.39, 0.29) is 5.97 Å². The van der Waals surface area contributed by atoms with Gasteiger partial charge in [-0.3, -0.25) is 4.79 Å². The Morgan fingerprint density at radius 1 is 0.708 bits per heavy atom. The number of carbonyl (C=O) groups is 1. The second kappa shape index (κ2) is 7.28. The standard InChI is InChI=1S/C21H19O2Si/c1-2-21(22)23-24(18-12-6-3-7-13-18,19-14-8-4-9-15-19)20-16-10-5-11-17-20/h2-17H,1H3. The third-order valence-corrected chi connectivity index (χ3v) is 7.98. The van der Waals surface area contributed by atoms with Crippen molar-refractivity contribution in [2.45, 2.75) is 6.92 Å². The third kappa shape index (κ3) is 3.03. The normalized spacial score (nSPS) is 11.0. The van der Waals surface area contributed by atoms with Crippen LogP contribution in [0.1, 0.15) is 6.92 Å². The van der Waals surface area contributed by atoms with E-state index in [1.807, 2.05) is 54.6 Å². The molecule has 1 radical (unpaired) electrons. The summed E-state index contributed by atoms with van der Waals surface area (Å²) in [6, 6.07) is 30.2. The maximum Gasteiger partial charge on any atom is 0.350 e. The Labute approximate surface area is 143 Å². The summed E-state index contributed by atoms with van der Waals surface area (Å²) in [6.45, 7) is 1.71. The van der Waals surface area contributed by atoms with E-state index in [1.54, 1.807) is 6.92 Å². The fourth-order valence-electron chi connectivity index (χ4n) is 2.91. The lowest BCUT2D eigenvalue weighted by atomic mass is 10.3. The lowest BCUT2D eigenvalue weighted by molar-refractivity contribution is -0.130. The molecule has 0 aliphatic rings. The molecular formula is C21H19O2Si. The molecule has 0 heterocycles. The second-order valence-electron chi connectivity index (χ2n) is 5.49. The van der Waals surface area contributed by atoms with Crippen molar-refractivity contribution in [1.82, 2.24) is 0 Å². The molecule has 0 saturated heterocycles. The van der Waals surface area contributed by atoms with Crippen LogP contribution in [0.4, 0.5) is 0 Å². The molecule has 3 aromatic carbocycles. The van der Waals surface area contributed by atoms with Gasteiger partial charge in [-0.1, -0.05) is 97.9 Å². The molecule has 0 amide bonds. The fourth-order valence-corrected chi connectivity index (χ4v) is 6.66. The van der Waals surface area contributed by atoms with Crippen LogP contribution in [-0.2, 0) is 9.22 Å². The Kier molecular flexibility index (Phi) is 4.92. The van der Waals surface area contributed by atoms with Crippen LogP contribution in [0.2, 0.25) is 0 Å². The summed E-state index contributed by atoms with van der Waals surface area (Å²) in [6.07, 6.45) is 1.48. The molecule has 0 bridgehead atoms. The Morgan fingerprint density at radius 3 is 1.33 bits per heavy atom. The predicted molar refractivity (Wildman–Crippen MR) is 100 cm³/mol. The molecule has 0 N–H and O–H groups in total. The number of rotatable bonds is 5. The minimum absolute atomic E-state index is 0.293. The number of carbonyl (C=O) groups excluding carboxylic acids is 1. The summed E-state index contributed by atoms with van der Waals surface area (Å²) in [7, 11) is -2.89. The van der Waals surface area contributed by atoms with Gasteiger partial charge in [0.25, 0.3) is 5.97 Å². The van der Waals surface area contributed by atoms with Crippen molar-refractivity contribution in [3.63, 3.8) is 0 Å². The lowest BCUT2D eigenvalue weighted by Crippen LogP contribution is -2.70. The summed E-state index contributed by atoms with van der Waals surface area (Å²) >= 11 is 0. The molecule has 0 saturated carbocycles. The molecule has 119 valence electrons. The number of hydrogen-bond donors (Lipinski definition) is 0. The third-order valence-electron chi connectivity index (χ3n) is 4.03. The summed E-state index contributed by atoms with van der Waals surface area (Å²) in [4.78, 5) is 12.3. The van der Waals surface area contributed by atoms with Gasteiger partial charge in [0.1, 0.15) is 0 Å². The zero-order valence-electron chi connectivity index (χ0n) is 13.6. The van der Waals surface area contributed by atoms with Gasteiger partial charge >= 0.3 is 8.32 Å². The number of benzene rings is 3. The first kappa shape index (κ1) is 16.2. The largest absolute Gasteiger partial charge is 0.505 e. The molecule has 0 aliphatic heterocycles. The second-order valence-corrected chi connectivity index (χ2v) is 8.79. The molecule has 3 heteroatoms. The van der Waals surface area contributed by atoms with E-state index in [4.69, 9.17) is 4.43 Å². The van der Waals surface area contributed by atoms with Crippen LogP contribution in [0.3, 0.4) is 0 Å². The van der Waals surface area contributed by atoms with Crippen LogP contribution < -0.4 is 15.6 Å². The molecule has 3 aromatic rings. The van der Waals surface area contributed by atoms with Gasteiger partial charge in [0.05, 0.1) is 6.42 Å². The minimum atomic E-state index is -2.89. The van der Waals surface area contributed by atoms with Gasteiger partial charge in [0, 0.05) is 0 Å². The van der Waals surface area contributed by atoms with Crippen molar-refractivity contribution < 1.29 is 9.22 Å². The highest BCUT2D eigenvalue weighted by atomic mass is 28.4. The maximum absolute atomic E-state index is 12.3. The average Bonchev–Trinajstić information content (AvgIpc) is 2.68. The Bertz CT molecular complexity index is 689. The van der Waals surface area contributed by atoms with Gasteiger partial charge < -0.3 is 4.43 Å². The summed E-state index contributed by atoms with van der Waals surface area (Å²) in [5.41, 5.74) is 0. The van der Waals surface area contributed by atoms with E-state index >= 15 is 0 Å². The molecule has 2 nitrogen and oxygen atoms in total. The van der Waals surface area contributed by atoms with Gasteiger partial charge in [-0.15, -0.1) is 0 Å².